The van der Waals surface area contributed by atoms with Gasteiger partial charge in [0, 0.05) is 9.26 Å². The summed E-state index contributed by atoms with van der Waals surface area (Å²) in [6.07, 6.45) is -0.458. The normalized spacial score (nSPS) is 20.9. The van der Waals surface area contributed by atoms with Crippen molar-refractivity contribution in [3.63, 3.8) is 0 Å². The highest BCUT2D eigenvalue weighted by atomic mass is 127. The summed E-state index contributed by atoms with van der Waals surface area (Å²) in [5.41, 5.74) is 2.38. The lowest BCUT2D eigenvalue weighted by Crippen LogP contribution is -2.31. The summed E-state index contributed by atoms with van der Waals surface area (Å²) < 4.78 is 6.58. The van der Waals surface area contributed by atoms with Crippen molar-refractivity contribution in [2.45, 2.75) is 18.1 Å². The van der Waals surface area contributed by atoms with Crippen LogP contribution in [-0.2, 0) is 9.53 Å². The molecule has 1 aliphatic heterocycles. The number of carboxylic acids is 1. The van der Waals surface area contributed by atoms with Gasteiger partial charge in [0.15, 0.2) is 0 Å². The molecule has 3 unspecified atom stereocenters. The number of carbonyl (C=O) groups is 2. The monoisotopic (exact) mass is 499 g/mol. The Morgan fingerprint density at radius 2 is 1.55 bits per heavy atom. The molecular formula is C23H18INO4. The minimum absolute atomic E-state index is 0.125. The number of nitrogens with one attached hydrogen (secondary N) is 1. The average molecular weight is 499 g/mol. The van der Waals surface area contributed by atoms with Gasteiger partial charge in [-0.15, -0.1) is 0 Å². The van der Waals surface area contributed by atoms with Crippen molar-refractivity contribution >= 4 is 40.2 Å². The molecule has 5 nitrogen and oxygen atoms in total. The summed E-state index contributed by atoms with van der Waals surface area (Å²) in [4.78, 5) is 24.6. The molecule has 0 spiro atoms. The van der Waals surface area contributed by atoms with Gasteiger partial charge in [-0.05, 0) is 51.9 Å². The number of aromatic carboxylic acids is 1. The van der Waals surface area contributed by atoms with Crippen LogP contribution >= 0.6 is 22.6 Å². The Labute approximate surface area is 181 Å². The highest BCUT2D eigenvalue weighted by Crippen LogP contribution is 2.43. The smallest absolute Gasteiger partial charge is 0.337 e. The van der Waals surface area contributed by atoms with Gasteiger partial charge in [0.25, 0.3) is 0 Å². The topological polar surface area (TPSA) is 75.6 Å². The Bertz CT molecular complexity index is 1040. The Morgan fingerprint density at radius 3 is 2.17 bits per heavy atom. The molecular weight excluding hydrogens is 481 g/mol. The lowest BCUT2D eigenvalue weighted by Gasteiger charge is -2.23. The summed E-state index contributed by atoms with van der Waals surface area (Å²) in [7, 11) is 0. The Kier molecular flexibility index (Phi) is 5.53. The van der Waals surface area contributed by atoms with Crippen molar-refractivity contribution in [2.24, 2.45) is 0 Å². The molecule has 1 fully saturated rings. The van der Waals surface area contributed by atoms with E-state index in [0.717, 1.165) is 14.7 Å². The maximum atomic E-state index is 12.9. The summed E-state index contributed by atoms with van der Waals surface area (Å²) in [5.74, 6) is -1.75. The fraction of sp³-hybridized carbons (Fsp3) is 0.130. The van der Waals surface area contributed by atoms with Crippen LogP contribution in [0.15, 0.2) is 78.9 Å². The predicted octanol–water partition coefficient (Wildman–Crippen LogP) is 4.85. The number of hydrogen-bond donors (Lipinski definition) is 2. The highest BCUT2D eigenvalue weighted by Gasteiger charge is 2.46. The maximum absolute atomic E-state index is 12.9. The van der Waals surface area contributed by atoms with Gasteiger partial charge in [-0.1, -0.05) is 60.7 Å². The zero-order chi connectivity index (χ0) is 20.4. The standard InChI is InChI=1S/C23H18INO4/c24-16-11-12-18(17(13-16)22(26)27)25-20-19(14-7-3-1-4-8-14)21(29-23(20)28)15-9-5-2-6-10-15/h1-13,19-21,25H,(H,26,27). The molecule has 0 radical (unpaired) electrons. The van der Waals surface area contributed by atoms with E-state index in [1.807, 2.05) is 66.7 Å². The third kappa shape index (κ3) is 3.98. The SMILES string of the molecule is O=C(O)c1cc(I)ccc1NC1C(=O)OC(c2ccccc2)C1c1ccccc1. The number of rotatable bonds is 5. The molecule has 1 saturated heterocycles. The summed E-state index contributed by atoms with van der Waals surface area (Å²) in [5, 5.41) is 12.7. The first-order valence-electron chi connectivity index (χ1n) is 9.14. The molecule has 1 aliphatic rings. The van der Waals surface area contributed by atoms with Gasteiger partial charge in [-0.3, -0.25) is 0 Å². The van der Waals surface area contributed by atoms with Crippen LogP contribution in [-0.4, -0.2) is 23.1 Å². The van der Waals surface area contributed by atoms with E-state index in [4.69, 9.17) is 4.74 Å². The van der Waals surface area contributed by atoms with Crippen molar-refractivity contribution in [1.29, 1.82) is 0 Å². The molecule has 29 heavy (non-hydrogen) atoms. The summed E-state index contributed by atoms with van der Waals surface area (Å²) >= 11 is 2.07. The molecule has 1 heterocycles. The third-order valence-electron chi connectivity index (χ3n) is 5.02. The minimum Gasteiger partial charge on any atom is -0.478 e. The van der Waals surface area contributed by atoms with Crippen molar-refractivity contribution in [1.82, 2.24) is 0 Å². The molecule has 2 N–H and O–H groups in total. The van der Waals surface area contributed by atoms with Crippen molar-refractivity contribution in [2.75, 3.05) is 5.32 Å². The van der Waals surface area contributed by atoms with Crippen molar-refractivity contribution in [3.05, 3.63) is 99.1 Å². The third-order valence-corrected chi connectivity index (χ3v) is 5.69. The van der Waals surface area contributed by atoms with Gasteiger partial charge >= 0.3 is 11.9 Å². The van der Waals surface area contributed by atoms with Gasteiger partial charge in [-0.25, -0.2) is 9.59 Å². The average Bonchev–Trinajstić information content (AvgIpc) is 3.06. The fourth-order valence-electron chi connectivity index (χ4n) is 3.69. The van der Waals surface area contributed by atoms with Crippen LogP contribution in [0.4, 0.5) is 5.69 Å². The van der Waals surface area contributed by atoms with Crippen LogP contribution in [0.5, 0.6) is 0 Å². The van der Waals surface area contributed by atoms with Crippen LogP contribution in [0.2, 0.25) is 0 Å². The predicted molar refractivity (Wildman–Crippen MR) is 118 cm³/mol. The zero-order valence-corrected chi connectivity index (χ0v) is 17.4. The van der Waals surface area contributed by atoms with Crippen LogP contribution in [0.1, 0.15) is 33.5 Å². The first-order chi connectivity index (χ1) is 14.0. The van der Waals surface area contributed by atoms with Gasteiger partial charge in [0.2, 0.25) is 0 Å². The summed E-state index contributed by atoms with van der Waals surface area (Å²) in [6.45, 7) is 0. The van der Waals surface area contributed by atoms with E-state index in [1.165, 1.54) is 0 Å². The van der Waals surface area contributed by atoms with E-state index in [0.29, 0.717) is 5.69 Å². The van der Waals surface area contributed by atoms with E-state index in [2.05, 4.69) is 27.9 Å². The lowest BCUT2D eigenvalue weighted by atomic mass is 9.85. The van der Waals surface area contributed by atoms with Gasteiger partial charge < -0.3 is 15.2 Å². The lowest BCUT2D eigenvalue weighted by molar-refractivity contribution is -0.142. The quantitative estimate of drug-likeness (QED) is 0.388. The van der Waals surface area contributed by atoms with Crippen LogP contribution in [0, 0.1) is 3.57 Å². The van der Waals surface area contributed by atoms with Gasteiger partial charge in [0.1, 0.15) is 12.1 Å². The number of carbonyl (C=O) groups excluding carboxylic acids is 1. The number of cyclic esters (lactones) is 1. The Balaban J connectivity index is 1.76. The first-order valence-corrected chi connectivity index (χ1v) is 10.2. The van der Waals surface area contributed by atoms with Crippen molar-refractivity contribution < 1.29 is 19.4 Å². The molecule has 0 aromatic heterocycles. The van der Waals surface area contributed by atoms with E-state index in [-0.39, 0.29) is 11.5 Å². The number of halogens is 1. The van der Waals surface area contributed by atoms with Crippen LogP contribution < -0.4 is 5.32 Å². The molecule has 3 aromatic rings. The Hall–Kier alpha value is -2.87. The second kappa shape index (κ2) is 8.24. The van der Waals surface area contributed by atoms with Gasteiger partial charge in [-0.2, -0.15) is 0 Å². The molecule has 0 saturated carbocycles. The molecule has 4 rings (SSSR count). The zero-order valence-electron chi connectivity index (χ0n) is 15.3. The van der Waals surface area contributed by atoms with E-state index in [9.17, 15) is 14.7 Å². The molecule has 0 amide bonds. The number of carboxylic acid groups (broad SMARTS) is 1. The summed E-state index contributed by atoms with van der Waals surface area (Å²) in [6, 6.07) is 23.7. The second-order valence-electron chi connectivity index (χ2n) is 6.82. The Morgan fingerprint density at radius 1 is 0.931 bits per heavy atom. The molecule has 3 atom stereocenters. The number of hydrogen-bond acceptors (Lipinski definition) is 4. The molecule has 6 heteroatoms. The highest BCUT2D eigenvalue weighted by molar-refractivity contribution is 14.1. The molecule has 0 aliphatic carbocycles. The van der Waals surface area contributed by atoms with Crippen LogP contribution in [0.3, 0.4) is 0 Å². The number of esters is 1. The number of benzene rings is 3. The second-order valence-corrected chi connectivity index (χ2v) is 8.07. The van der Waals surface area contributed by atoms with Gasteiger partial charge in [0.05, 0.1) is 11.5 Å². The fourth-order valence-corrected chi connectivity index (χ4v) is 4.18. The molecule has 146 valence electrons. The maximum Gasteiger partial charge on any atom is 0.337 e. The molecule has 3 aromatic carbocycles. The van der Waals surface area contributed by atoms with E-state index < -0.39 is 24.1 Å². The van der Waals surface area contributed by atoms with Crippen LogP contribution in [0.25, 0.3) is 0 Å². The van der Waals surface area contributed by atoms with Crippen molar-refractivity contribution in [3.8, 4) is 0 Å². The van der Waals surface area contributed by atoms with E-state index >= 15 is 0 Å². The number of anilines is 1. The van der Waals surface area contributed by atoms with E-state index in [1.54, 1.807) is 12.1 Å². The number of ether oxygens (including phenoxy) is 1. The first kappa shape index (κ1) is 19.4. The minimum atomic E-state index is -1.05. The largest absolute Gasteiger partial charge is 0.478 e. The molecule has 0 bridgehead atoms.